The molecule has 1 atom stereocenters. The second-order valence-electron chi connectivity index (χ2n) is 7.02. The van der Waals surface area contributed by atoms with Crippen molar-refractivity contribution in [1.29, 1.82) is 5.26 Å². The van der Waals surface area contributed by atoms with E-state index in [0.717, 1.165) is 22.5 Å². The number of benzene rings is 2. The highest BCUT2D eigenvalue weighted by Gasteiger charge is 2.38. The van der Waals surface area contributed by atoms with Crippen LogP contribution in [0.3, 0.4) is 0 Å². The lowest BCUT2D eigenvalue weighted by atomic mass is 9.86. The fraction of sp³-hybridized carbons (Fsp3) is 0.0870. The van der Waals surface area contributed by atoms with Crippen LogP contribution in [0.15, 0.2) is 84.4 Å². The summed E-state index contributed by atoms with van der Waals surface area (Å²) in [6.45, 7) is 0. The van der Waals surface area contributed by atoms with E-state index in [4.69, 9.17) is 15.6 Å². The molecule has 0 amide bonds. The van der Waals surface area contributed by atoms with Crippen molar-refractivity contribution < 1.29 is 4.74 Å². The molecule has 2 aromatic heterocycles. The third-order valence-electron chi connectivity index (χ3n) is 5.13. The van der Waals surface area contributed by atoms with Gasteiger partial charge in [-0.2, -0.15) is 20.1 Å². The van der Waals surface area contributed by atoms with Crippen LogP contribution in [0.25, 0.3) is 16.9 Å². The van der Waals surface area contributed by atoms with Crippen molar-refractivity contribution >= 4 is 0 Å². The van der Waals surface area contributed by atoms with Gasteiger partial charge in [-0.25, -0.2) is 0 Å². The Morgan fingerprint density at radius 3 is 2.33 bits per heavy atom. The van der Waals surface area contributed by atoms with Crippen LogP contribution in [-0.4, -0.2) is 19.6 Å². The lowest BCUT2D eigenvalue weighted by molar-refractivity contribution is 0.366. The smallest absolute Gasteiger partial charge is 0.229 e. The Balaban J connectivity index is 1.83. The predicted molar refractivity (Wildman–Crippen MR) is 112 cm³/mol. The molecule has 0 radical (unpaired) electrons. The molecule has 7 nitrogen and oxygen atoms in total. The summed E-state index contributed by atoms with van der Waals surface area (Å²) in [4.78, 5) is 0. The van der Waals surface area contributed by atoms with Crippen LogP contribution in [0.4, 0.5) is 0 Å². The molecule has 1 aliphatic rings. The van der Waals surface area contributed by atoms with Gasteiger partial charge in [-0.15, -0.1) is 0 Å². The van der Waals surface area contributed by atoms with Crippen molar-refractivity contribution in [3.8, 4) is 28.9 Å². The third kappa shape index (κ3) is 2.74. The molecule has 5 rings (SSSR count). The van der Waals surface area contributed by atoms with Crippen LogP contribution >= 0.6 is 0 Å². The summed E-state index contributed by atoms with van der Waals surface area (Å²) in [6, 6.07) is 23.7. The van der Waals surface area contributed by atoms with Gasteiger partial charge >= 0.3 is 0 Å². The Kier molecular flexibility index (Phi) is 4.11. The molecular formula is C23H18N6O. The van der Waals surface area contributed by atoms with Crippen LogP contribution in [0, 0.1) is 11.3 Å². The first kappa shape index (κ1) is 17.8. The monoisotopic (exact) mass is 394 g/mol. The fourth-order valence-corrected chi connectivity index (χ4v) is 3.77. The van der Waals surface area contributed by atoms with Crippen molar-refractivity contribution in [1.82, 2.24) is 19.6 Å². The highest BCUT2D eigenvalue weighted by atomic mass is 16.5. The van der Waals surface area contributed by atoms with Gasteiger partial charge in [-0.05, 0) is 18.2 Å². The molecule has 2 aromatic carbocycles. The topological polar surface area (TPSA) is 94.7 Å². The SMILES string of the molecule is Cn1ccc([C@@H]2C(C#N)=C(N)Oc3c2c(-c2ccccc2)nn3-c2ccccc2)n1. The maximum Gasteiger partial charge on any atom is 0.229 e. The Hall–Kier alpha value is -4.31. The van der Waals surface area contributed by atoms with E-state index >= 15 is 0 Å². The molecule has 4 aromatic rings. The zero-order valence-electron chi connectivity index (χ0n) is 16.2. The highest BCUT2D eigenvalue weighted by Crippen LogP contribution is 2.47. The van der Waals surface area contributed by atoms with E-state index in [0.29, 0.717) is 17.1 Å². The molecule has 7 heteroatoms. The summed E-state index contributed by atoms with van der Waals surface area (Å²) < 4.78 is 9.42. The standard InChI is InChI=1S/C23H18N6O/c1-28-13-12-18(26-28)19-17(14-24)22(25)30-23-20(19)21(15-8-4-2-5-9-15)27-29(23)16-10-6-3-7-11-16/h2-13,19H,25H2,1H3/t19-/m0/s1. The zero-order valence-corrected chi connectivity index (χ0v) is 16.2. The summed E-state index contributed by atoms with van der Waals surface area (Å²) in [5.41, 5.74) is 10.5. The minimum absolute atomic E-state index is 0.0670. The number of nitriles is 1. The predicted octanol–water partition coefficient (Wildman–Crippen LogP) is 3.49. The van der Waals surface area contributed by atoms with Crippen LogP contribution in [-0.2, 0) is 7.05 Å². The molecule has 0 aliphatic carbocycles. The van der Waals surface area contributed by atoms with Crippen molar-refractivity contribution in [2.45, 2.75) is 5.92 Å². The number of aromatic nitrogens is 4. The maximum absolute atomic E-state index is 9.88. The molecule has 0 fully saturated rings. The fourth-order valence-electron chi connectivity index (χ4n) is 3.77. The highest BCUT2D eigenvalue weighted by molar-refractivity contribution is 5.71. The molecule has 0 saturated heterocycles. The summed E-state index contributed by atoms with van der Waals surface area (Å²) in [7, 11) is 1.84. The van der Waals surface area contributed by atoms with Crippen molar-refractivity contribution in [3.05, 3.63) is 95.6 Å². The quantitative estimate of drug-likeness (QED) is 0.574. The molecule has 0 spiro atoms. The normalized spacial score (nSPS) is 15.4. The average molecular weight is 394 g/mol. The number of para-hydroxylation sites is 1. The molecule has 3 heterocycles. The van der Waals surface area contributed by atoms with Crippen LogP contribution < -0.4 is 10.5 Å². The maximum atomic E-state index is 9.88. The van der Waals surface area contributed by atoms with Crippen LogP contribution in [0.2, 0.25) is 0 Å². The zero-order chi connectivity index (χ0) is 20.7. The number of nitrogens with two attached hydrogens (primary N) is 1. The van der Waals surface area contributed by atoms with E-state index in [9.17, 15) is 5.26 Å². The number of hydrogen-bond acceptors (Lipinski definition) is 5. The number of aryl methyl sites for hydroxylation is 1. The molecule has 0 saturated carbocycles. The molecule has 1 aliphatic heterocycles. The number of hydrogen-bond donors (Lipinski definition) is 1. The van der Waals surface area contributed by atoms with Crippen LogP contribution in [0.5, 0.6) is 5.88 Å². The van der Waals surface area contributed by atoms with Gasteiger partial charge in [0.2, 0.25) is 11.8 Å². The molecule has 2 N–H and O–H groups in total. The summed E-state index contributed by atoms with van der Waals surface area (Å²) >= 11 is 0. The number of fused-ring (bicyclic) bond motifs is 1. The minimum Gasteiger partial charge on any atom is -0.422 e. The lowest BCUT2D eigenvalue weighted by Crippen LogP contribution is -2.22. The number of rotatable bonds is 3. The van der Waals surface area contributed by atoms with E-state index in [-0.39, 0.29) is 5.88 Å². The first-order valence-electron chi connectivity index (χ1n) is 9.48. The first-order valence-corrected chi connectivity index (χ1v) is 9.48. The van der Waals surface area contributed by atoms with Gasteiger partial charge in [0.1, 0.15) is 17.3 Å². The van der Waals surface area contributed by atoms with E-state index in [1.165, 1.54) is 0 Å². The van der Waals surface area contributed by atoms with E-state index in [1.807, 2.05) is 80.0 Å². The molecular weight excluding hydrogens is 376 g/mol. The average Bonchev–Trinajstić information content (AvgIpc) is 3.37. The van der Waals surface area contributed by atoms with Gasteiger partial charge in [0.05, 0.1) is 22.9 Å². The van der Waals surface area contributed by atoms with E-state index in [2.05, 4.69) is 11.2 Å². The number of ether oxygens (including phenoxy) is 1. The van der Waals surface area contributed by atoms with E-state index in [1.54, 1.807) is 9.36 Å². The Labute approximate surface area is 173 Å². The Morgan fingerprint density at radius 1 is 1.00 bits per heavy atom. The van der Waals surface area contributed by atoms with Crippen LogP contribution in [0.1, 0.15) is 17.2 Å². The number of allylic oxidation sites excluding steroid dienone is 1. The first-order chi connectivity index (χ1) is 14.7. The van der Waals surface area contributed by atoms with Gasteiger partial charge in [0, 0.05) is 18.8 Å². The summed E-state index contributed by atoms with van der Waals surface area (Å²) in [5, 5.41) is 19.3. The van der Waals surface area contributed by atoms with Crippen molar-refractivity contribution in [2.24, 2.45) is 12.8 Å². The van der Waals surface area contributed by atoms with Gasteiger partial charge in [-0.1, -0.05) is 48.5 Å². The van der Waals surface area contributed by atoms with Crippen molar-refractivity contribution in [2.75, 3.05) is 0 Å². The Bertz CT molecular complexity index is 1290. The second kappa shape index (κ2) is 6.94. The Morgan fingerprint density at radius 2 is 1.70 bits per heavy atom. The number of nitrogens with zero attached hydrogens (tertiary/aromatic N) is 5. The summed E-state index contributed by atoms with van der Waals surface area (Å²) in [6.07, 6.45) is 1.85. The molecule has 0 bridgehead atoms. The summed E-state index contributed by atoms with van der Waals surface area (Å²) in [5.74, 6) is 0.0807. The minimum atomic E-state index is -0.479. The van der Waals surface area contributed by atoms with Gasteiger partial charge in [0.15, 0.2) is 0 Å². The second-order valence-corrected chi connectivity index (χ2v) is 7.02. The molecule has 146 valence electrons. The van der Waals surface area contributed by atoms with E-state index < -0.39 is 5.92 Å². The lowest BCUT2D eigenvalue weighted by Gasteiger charge is -2.23. The van der Waals surface area contributed by atoms with Crippen molar-refractivity contribution in [3.63, 3.8) is 0 Å². The molecule has 0 unspecified atom stereocenters. The van der Waals surface area contributed by atoms with Gasteiger partial charge in [0.25, 0.3) is 0 Å². The third-order valence-corrected chi connectivity index (χ3v) is 5.13. The van der Waals surface area contributed by atoms with Gasteiger partial charge < -0.3 is 10.5 Å². The molecule has 30 heavy (non-hydrogen) atoms. The largest absolute Gasteiger partial charge is 0.422 e. The van der Waals surface area contributed by atoms with Gasteiger partial charge in [-0.3, -0.25) is 4.68 Å².